The van der Waals surface area contributed by atoms with Crippen LogP contribution in [0.3, 0.4) is 0 Å². The number of benzene rings is 1. The highest BCUT2D eigenvalue weighted by atomic mass is 16.6. The largest absolute Gasteiger partial charge is 0.387 e. The number of aromatic nitrogens is 8. The molecule has 2 aliphatic heterocycles. The van der Waals surface area contributed by atoms with Crippen LogP contribution < -0.4 is 22.1 Å². The summed E-state index contributed by atoms with van der Waals surface area (Å²) in [5, 5.41) is 48.9. The molecule has 20 heteroatoms. The van der Waals surface area contributed by atoms with E-state index in [4.69, 9.17) is 20.9 Å². The summed E-state index contributed by atoms with van der Waals surface area (Å²) < 4.78 is 15.0. The predicted octanol–water partition coefficient (Wildman–Crippen LogP) is -1.83. The number of nitrogens with two attached hydrogens (primary N) is 2. The van der Waals surface area contributed by atoms with Crippen LogP contribution in [-0.2, 0) is 9.47 Å². The SMILES string of the molecule is CN(CC#Cc1nc2c(N)ncnc2n1[C@@H]1O[C@H](CNC(=O)Nc2ccccc2)[C@@H](O)[C@H]1O)C[C@H]1O[C@@H](n2cnc3c(N)ncnc32)[C@H](O)[C@@H]1O. The molecule has 0 saturated carbocycles. The smallest absolute Gasteiger partial charge is 0.319 e. The number of nitrogens with one attached hydrogen (secondary N) is 2. The minimum atomic E-state index is -1.44. The number of para-hydroxylation sites is 1. The molecule has 5 aromatic rings. The number of likely N-dealkylation sites (N-methyl/N-ethyl adjacent to an activating group) is 1. The predicted molar refractivity (Wildman–Crippen MR) is 179 cm³/mol. The fraction of sp³-hybridized carbons (Fsp3) is 0.387. The highest BCUT2D eigenvalue weighted by molar-refractivity contribution is 5.89. The number of carbonyl (C=O) groups excluding carboxylic acids is 1. The zero-order valence-electron chi connectivity index (χ0n) is 27.1. The average Bonchev–Trinajstić information content (AvgIpc) is 3.85. The van der Waals surface area contributed by atoms with Crippen molar-refractivity contribution in [2.24, 2.45) is 0 Å². The Morgan fingerprint density at radius 2 is 1.55 bits per heavy atom. The van der Waals surface area contributed by atoms with Gasteiger partial charge in [-0.05, 0) is 25.1 Å². The van der Waals surface area contributed by atoms with E-state index in [0.717, 1.165) is 0 Å². The van der Waals surface area contributed by atoms with Crippen molar-refractivity contribution in [1.29, 1.82) is 0 Å². The van der Waals surface area contributed by atoms with Crippen molar-refractivity contribution in [2.45, 2.75) is 49.1 Å². The third-order valence-electron chi connectivity index (χ3n) is 8.63. The number of hydrogen-bond acceptors (Lipinski definition) is 16. The van der Waals surface area contributed by atoms with Crippen molar-refractivity contribution in [3.8, 4) is 11.8 Å². The van der Waals surface area contributed by atoms with Gasteiger partial charge in [-0.2, -0.15) is 0 Å². The summed E-state index contributed by atoms with van der Waals surface area (Å²) in [5.74, 6) is 6.34. The Kier molecular flexibility index (Phi) is 9.32. The second kappa shape index (κ2) is 14.0. The third-order valence-corrected chi connectivity index (χ3v) is 8.63. The van der Waals surface area contributed by atoms with Crippen LogP contribution in [-0.4, -0.2) is 134 Å². The van der Waals surface area contributed by atoms with E-state index in [1.54, 1.807) is 36.2 Å². The van der Waals surface area contributed by atoms with Gasteiger partial charge in [0, 0.05) is 18.8 Å². The van der Waals surface area contributed by atoms with Crippen molar-refractivity contribution in [3.63, 3.8) is 0 Å². The van der Waals surface area contributed by atoms with Gasteiger partial charge in [0.15, 0.2) is 46.7 Å². The molecular formula is C31H35N13O7. The molecule has 0 radical (unpaired) electrons. The number of rotatable bonds is 8. The maximum absolute atomic E-state index is 12.4. The first-order valence-corrected chi connectivity index (χ1v) is 15.8. The van der Waals surface area contributed by atoms with Crippen molar-refractivity contribution in [3.05, 3.63) is 55.1 Å². The summed E-state index contributed by atoms with van der Waals surface area (Å²) in [6.07, 6.45) is -5.35. The number of aliphatic hydroxyl groups is 4. The van der Waals surface area contributed by atoms with Crippen LogP contribution >= 0.6 is 0 Å². The monoisotopic (exact) mass is 701 g/mol. The van der Waals surface area contributed by atoms with Gasteiger partial charge in [-0.25, -0.2) is 34.7 Å². The highest BCUT2D eigenvalue weighted by Gasteiger charge is 2.46. The molecule has 0 aliphatic carbocycles. The second-order valence-electron chi connectivity index (χ2n) is 12.1. The maximum Gasteiger partial charge on any atom is 0.319 e. The van der Waals surface area contributed by atoms with E-state index < -0.39 is 55.1 Å². The lowest BCUT2D eigenvalue weighted by molar-refractivity contribution is -0.0413. The van der Waals surface area contributed by atoms with Gasteiger partial charge < -0.3 is 52.0 Å². The summed E-state index contributed by atoms with van der Waals surface area (Å²) in [6.45, 7) is 0.229. The van der Waals surface area contributed by atoms with Crippen molar-refractivity contribution in [1.82, 2.24) is 49.3 Å². The number of urea groups is 1. The minimum absolute atomic E-state index is 0.0723. The molecule has 266 valence electrons. The molecule has 2 aliphatic rings. The zero-order chi connectivity index (χ0) is 35.8. The molecule has 0 spiro atoms. The van der Waals surface area contributed by atoms with Gasteiger partial charge in [0.1, 0.15) is 54.8 Å². The fourth-order valence-corrected chi connectivity index (χ4v) is 6.05. The van der Waals surface area contributed by atoms with Gasteiger partial charge in [0.25, 0.3) is 0 Å². The molecule has 0 bridgehead atoms. The van der Waals surface area contributed by atoms with E-state index in [-0.39, 0.29) is 48.3 Å². The quantitative estimate of drug-likeness (QED) is 0.0826. The van der Waals surface area contributed by atoms with Crippen LogP contribution in [0.2, 0.25) is 0 Å². The molecule has 2 amide bonds. The van der Waals surface area contributed by atoms with E-state index in [1.807, 2.05) is 6.07 Å². The fourth-order valence-electron chi connectivity index (χ4n) is 6.05. The molecular weight excluding hydrogens is 666 g/mol. The number of carbonyl (C=O) groups is 1. The Morgan fingerprint density at radius 1 is 0.882 bits per heavy atom. The molecule has 20 nitrogen and oxygen atoms in total. The van der Waals surface area contributed by atoms with Crippen molar-refractivity contribution in [2.75, 3.05) is 43.5 Å². The van der Waals surface area contributed by atoms with E-state index in [9.17, 15) is 25.2 Å². The van der Waals surface area contributed by atoms with Gasteiger partial charge in [-0.15, -0.1) is 0 Å². The van der Waals surface area contributed by atoms with Crippen molar-refractivity contribution < 1.29 is 34.7 Å². The number of ether oxygens (including phenoxy) is 2. The van der Waals surface area contributed by atoms with Crippen LogP contribution in [0, 0.1) is 11.8 Å². The summed E-state index contributed by atoms with van der Waals surface area (Å²) in [6, 6.07) is 8.30. The van der Waals surface area contributed by atoms with E-state index in [2.05, 4.69) is 52.4 Å². The normalized spacial score (nSPS) is 26.1. The Balaban J connectivity index is 1.04. The van der Waals surface area contributed by atoms with E-state index >= 15 is 0 Å². The number of aliphatic hydroxyl groups excluding tert-OH is 4. The summed E-state index contributed by atoms with van der Waals surface area (Å²) >= 11 is 0. The van der Waals surface area contributed by atoms with Crippen LogP contribution in [0.4, 0.5) is 22.1 Å². The zero-order valence-corrected chi connectivity index (χ0v) is 27.1. The van der Waals surface area contributed by atoms with Crippen LogP contribution in [0.5, 0.6) is 0 Å². The molecule has 10 N–H and O–H groups in total. The number of imidazole rings is 2. The lowest BCUT2D eigenvalue weighted by Crippen LogP contribution is -2.41. The molecule has 2 saturated heterocycles. The first-order chi connectivity index (χ1) is 24.6. The number of hydrogen-bond donors (Lipinski definition) is 8. The first kappa shape index (κ1) is 33.9. The highest BCUT2D eigenvalue weighted by Crippen LogP contribution is 2.34. The Bertz CT molecular complexity index is 2100. The first-order valence-electron chi connectivity index (χ1n) is 15.8. The molecule has 8 atom stereocenters. The lowest BCUT2D eigenvalue weighted by Gasteiger charge is -2.21. The summed E-state index contributed by atoms with van der Waals surface area (Å²) in [5.41, 5.74) is 13.7. The summed E-state index contributed by atoms with van der Waals surface area (Å²) in [7, 11) is 1.75. The van der Waals surface area contributed by atoms with E-state index in [0.29, 0.717) is 16.9 Å². The van der Waals surface area contributed by atoms with Crippen LogP contribution in [0.25, 0.3) is 22.3 Å². The molecule has 2 fully saturated rings. The molecule has 4 aromatic heterocycles. The van der Waals surface area contributed by atoms with Crippen LogP contribution in [0.15, 0.2) is 49.3 Å². The number of nitrogens with zero attached hydrogens (tertiary/aromatic N) is 9. The Labute approximate surface area is 289 Å². The molecule has 0 unspecified atom stereocenters. The standard InChI is InChI=1S/C31H35N13O7/c1-42(11-17-22(46)23(47)29(51-17)43-14-39-19-25(32)35-12-37-27(19)43)9-5-8-18-41-20-26(33)36-13-38-28(20)44(18)30-24(48)21(45)16(50-30)10-34-31(49)40-15-6-3-2-4-7-15/h2-4,6-7,12-14,16-17,21-24,29-30,45-48H,9-11H2,1H3,(H2,32,35,37)(H2,33,36,38)(H2,34,40,49)/t16-,17-,21-,22-,23-,24-,29-,30-/m1/s1. The minimum Gasteiger partial charge on any atom is -0.387 e. The Hall–Kier alpha value is -5.53. The van der Waals surface area contributed by atoms with Gasteiger partial charge in [-0.3, -0.25) is 14.0 Å². The van der Waals surface area contributed by atoms with Crippen LogP contribution in [0.1, 0.15) is 18.3 Å². The van der Waals surface area contributed by atoms with Gasteiger partial charge in [0.05, 0.1) is 12.9 Å². The summed E-state index contributed by atoms with van der Waals surface area (Å²) in [4.78, 5) is 39.3. The van der Waals surface area contributed by atoms with Gasteiger partial charge in [-0.1, -0.05) is 24.1 Å². The number of anilines is 3. The molecule has 51 heavy (non-hydrogen) atoms. The average molecular weight is 702 g/mol. The van der Waals surface area contributed by atoms with Gasteiger partial charge in [0.2, 0.25) is 0 Å². The Morgan fingerprint density at radius 3 is 2.31 bits per heavy atom. The molecule has 7 rings (SSSR count). The van der Waals surface area contributed by atoms with Crippen molar-refractivity contribution >= 4 is 45.7 Å². The molecule has 6 heterocycles. The second-order valence-corrected chi connectivity index (χ2v) is 12.1. The number of amides is 2. The van der Waals surface area contributed by atoms with E-state index in [1.165, 1.54) is 28.1 Å². The molecule has 1 aromatic carbocycles. The van der Waals surface area contributed by atoms with Gasteiger partial charge >= 0.3 is 6.03 Å². The third kappa shape index (κ3) is 6.57. The lowest BCUT2D eigenvalue weighted by atomic mass is 10.1. The number of nitrogen functional groups attached to an aromatic ring is 2. The topological polar surface area (TPSA) is 283 Å². The number of fused-ring (bicyclic) bond motifs is 2. The maximum atomic E-state index is 12.4.